The van der Waals surface area contributed by atoms with Crippen molar-refractivity contribution in [3.8, 4) is 11.5 Å². The summed E-state index contributed by atoms with van der Waals surface area (Å²) in [7, 11) is 0. The van der Waals surface area contributed by atoms with E-state index in [2.05, 4.69) is 10.2 Å². The highest BCUT2D eigenvalue weighted by Crippen LogP contribution is 2.50. The van der Waals surface area contributed by atoms with Crippen molar-refractivity contribution in [3.05, 3.63) is 99.7 Å². The van der Waals surface area contributed by atoms with Crippen LogP contribution in [0.15, 0.2) is 66.4 Å². The molecule has 4 N–H and O–H groups in total. The van der Waals surface area contributed by atoms with Gasteiger partial charge >= 0.3 is 5.97 Å². The third-order valence-corrected chi connectivity index (χ3v) is 9.46. The van der Waals surface area contributed by atoms with Gasteiger partial charge in [-0.05, 0) is 73.7 Å². The number of aromatic hydroxyl groups is 1. The summed E-state index contributed by atoms with van der Waals surface area (Å²) in [6.45, 7) is 4.16. The SMILES string of the molecule is Cc1cc(O)c2c(c1)C1OC(=O)[C@@H](NC(=O)c3ccccc3)CCCN1C1=C2Cc2cccc(O[C@H]3C[C@@H](O)[C@@H](O)[C@H](C)O3)c2C1. The van der Waals surface area contributed by atoms with Crippen LogP contribution in [0.2, 0.25) is 0 Å². The number of phenols is 1. The van der Waals surface area contributed by atoms with E-state index in [0.717, 1.165) is 28.0 Å². The molecule has 1 amide bonds. The Labute approximate surface area is 267 Å². The molecule has 10 heteroatoms. The van der Waals surface area contributed by atoms with Gasteiger partial charge in [-0.3, -0.25) is 4.79 Å². The second-order valence-corrected chi connectivity index (χ2v) is 12.6. The molecule has 1 aliphatic carbocycles. The lowest BCUT2D eigenvalue weighted by atomic mass is 9.79. The second kappa shape index (κ2) is 12.1. The highest BCUT2D eigenvalue weighted by molar-refractivity contribution is 5.96. The first-order valence-corrected chi connectivity index (χ1v) is 15.9. The van der Waals surface area contributed by atoms with Crippen LogP contribution >= 0.6 is 0 Å². The fraction of sp³-hybridized carbons (Fsp3) is 0.389. The molecule has 3 aromatic carbocycles. The van der Waals surface area contributed by atoms with Crippen molar-refractivity contribution in [1.82, 2.24) is 10.2 Å². The monoisotopic (exact) mass is 626 g/mol. The zero-order chi connectivity index (χ0) is 32.1. The number of nitrogens with zero attached hydrogens (tertiary/aromatic N) is 1. The van der Waals surface area contributed by atoms with Crippen LogP contribution in [-0.4, -0.2) is 69.3 Å². The maximum Gasteiger partial charge on any atom is 0.330 e. The zero-order valence-corrected chi connectivity index (χ0v) is 25.8. The molecule has 2 saturated heterocycles. The minimum atomic E-state index is -0.978. The van der Waals surface area contributed by atoms with E-state index in [1.807, 2.05) is 37.3 Å². The highest BCUT2D eigenvalue weighted by atomic mass is 16.7. The fourth-order valence-electron chi connectivity index (χ4n) is 7.15. The van der Waals surface area contributed by atoms with Crippen molar-refractivity contribution in [3.63, 3.8) is 0 Å². The first-order valence-electron chi connectivity index (χ1n) is 15.9. The van der Waals surface area contributed by atoms with E-state index in [-0.39, 0.29) is 18.1 Å². The van der Waals surface area contributed by atoms with Crippen molar-refractivity contribution in [2.24, 2.45) is 0 Å². The lowest BCUT2D eigenvalue weighted by Gasteiger charge is -2.45. The molecule has 2 fully saturated rings. The summed E-state index contributed by atoms with van der Waals surface area (Å²) in [4.78, 5) is 28.7. The molecule has 0 bridgehead atoms. The number of aliphatic hydroxyl groups is 2. The van der Waals surface area contributed by atoms with E-state index < -0.39 is 42.8 Å². The summed E-state index contributed by atoms with van der Waals surface area (Å²) in [6, 6.07) is 17.5. The number of allylic oxidation sites excluding steroid dienone is 2. The molecule has 0 spiro atoms. The van der Waals surface area contributed by atoms with Gasteiger partial charge in [0.05, 0.1) is 12.2 Å². The Morgan fingerprint density at radius 2 is 1.87 bits per heavy atom. The molecule has 240 valence electrons. The molecule has 0 aromatic heterocycles. The Bertz CT molecular complexity index is 1690. The normalized spacial score (nSPS) is 27.2. The predicted molar refractivity (Wildman–Crippen MR) is 168 cm³/mol. The maximum atomic E-state index is 13.7. The summed E-state index contributed by atoms with van der Waals surface area (Å²) < 4.78 is 18.4. The van der Waals surface area contributed by atoms with E-state index in [0.29, 0.717) is 54.7 Å². The third-order valence-electron chi connectivity index (χ3n) is 9.46. The zero-order valence-electron chi connectivity index (χ0n) is 25.8. The van der Waals surface area contributed by atoms with Crippen LogP contribution in [0, 0.1) is 6.92 Å². The van der Waals surface area contributed by atoms with E-state index in [1.54, 1.807) is 37.3 Å². The Kier molecular flexibility index (Phi) is 7.96. The minimum absolute atomic E-state index is 0.127. The average Bonchev–Trinajstić information content (AvgIpc) is 3.03. The van der Waals surface area contributed by atoms with E-state index >= 15 is 0 Å². The molecular formula is C36H38N2O8. The van der Waals surface area contributed by atoms with Crippen LogP contribution < -0.4 is 10.1 Å². The van der Waals surface area contributed by atoms with Crippen LogP contribution in [0.3, 0.4) is 0 Å². The Morgan fingerprint density at radius 3 is 2.65 bits per heavy atom. The van der Waals surface area contributed by atoms with Crippen LogP contribution in [0.1, 0.15) is 70.6 Å². The number of amides is 1. The molecule has 3 heterocycles. The molecule has 3 aliphatic heterocycles. The summed E-state index contributed by atoms with van der Waals surface area (Å²) in [5.41, 5.74) is 6.59. The molecular weight excluding hydrogens is 588 g/mol. The van der Waals surface area contributed by atoms with E-state index in [1.165, 1.54) is 0 Å². The first-order chi connectivity index (χ1) is 22.2. The Hall–Kier alpha value is -4.38. The lowest BCUT2D eigenvalue weighted by Crippen LogP contribution is -2.48. The number of fused-ring (bicyclic) bond motifs is 6. The number of benzene rings is 3. The number of aliphatic hydroxyl groups excluding tert-OH is 2. The van der Waals surface area contributed by atoms with Gasteiger partial charge in [-0.15, -0.1) is 0 Å². The number of hydrogen-bond acceptors (Lipinski definition) is 9. The number of aryl methyl sites for hydroxylation is 1. The number of carbonyl (C=O) groups excluding carboxylic acids is 2. The number of esters is 1. The van der Waals surface area contributed by atoms with Gasteiger partial charge in [0.2, 0.25) is 12.5 Å². The van der Waals surface area contributed by atoms with Crippen molar-refractivity contribution >= 4 is 17.4 Å². The lowest BCUT2D eigenvalue weighted by molar-refractivity contribution is -0.216. The topological polar surface area (TPSA) is 138 Å². The number of phenolic OH excluding ortho intramolecular Hbond substituents is 1. The van der Waals surface area contributed by atoms with Gasteiger partial charge in [0.1, 0.15) is 23.6 Å². The Balaban J connectivity index is 1.21. The summed E-state index contributed by atoms with van der Waals surface area (Å²) in [5.74, 6) is -0.118. The molecule has 10 nitrogen and oxygen atoms in total. The first kappa shape index (κ1) is 30.3. The van der Waals surface area contributed by atoms with Crippen molar-refractivity contribution in [2.45, 2.75) is 82.8 Å². The number of carbonyl (C=O) groups is 2. The molecule has 6 atom stereocenters. The molecule has 1 unspecified atom stereocenters. The molecule has 3 aromatic rings. The molecule has 0 saturated carbocycles. The summed E-state index contributed by atoms with van der Waals surface area (Å²) in [6.07, 6.45) is -1.89. The average molecular weight is 627 g/mol. The van der Waals surface area contributed by atoms with E-state index in [9.17, 15) is 24.9 Å². The van der Waals surface area contributed by atoms with Crippen molar-refractivity contribution in [2.75, 3.05) is 6.54 Å². The van der Waals surface area contributed by atoms with Gasteiger partial charge in [0.15, 0.2) is 0 Å². The largest absolute Gasteiger partial charge is 0.507 e. The molecule has 7 rings (SSSR count). The van der Waals surface area contributed by atoms with Crippen molar-refractivity contribution in [1.29, 1.82) is 0 Å². The minimum Gasteiger partial charge on any atom is -0.507 e. The smallest absolute Gasteiger partial charge is 0.330 e. The Morgan fingerprint density at radius 1 is 1.07 bits per heavy atom. The summed E-state index contributed by atoms with van der Waals surface area (Å²) in [5, 5.41) is 34.6. The van der Waals surface area contributed by atoms with Gasteiger partial charge in [0, 0.05) is 53.8 Å². The van der Waals surface area contributed by atoms with Gasteiger partial charge < -0.3 is 39.7 Å². The fourth-order valence-corrected chi connectivity index (χ4v) is 7.15. The quantitative estimate of drug-likeness (QED) is 0.318. The predicted octanol–water partition coefficient (Wildman–Crippen LogP) is 3.90. The third kappa shape index (κ3) is 5.50. The maximum absolute atomic E-state index is 13.7. The van der Waals surface area contributed by atoms with E-state index in [4.69, 9.17) is 14.2 Å². The van der Waals surface area contributed by atoms with Crippen LogP contribution in [0.25, 0.3) is 5.57 Å². The number of ether oxygens (including phenoxy) is 3. The number of hydrogen-bond donors (Lipinski definition) is 4. The standard InChI is InChI=1S/C36H38N2O8/c1-19-14-25-32(28(39)15-19)24-16-22-10-6-12-30(45-31-18-29(40)33(41)20(2)44-31)23(22)17-27(24)38-13-7-11-26(36(43)46-35(25)38)37-34(42)21-8-4-3-5-9-21/h3-6,8-10,12,14-15,20,26,29,31,33,35,39-41H,7,11,13,16-18H2,1-2H3,(H,37,42)/t20-,26-,29+,31-,33-,35?/m0/s1. The van der Waals surface area contributed by atoms with Crippen LogP contribution in [0.4, 0.5) is 0 Å². The van der Waals surface area contributed by atoms with Crippen molar-refractivity contribution < 1.29 is 39.1 Å². The highest BCUT2D eigenvalue weighted by Gasteiger charge is 2.42. The van der Waals surface area contributed by atoms with Gasteiger partial charge in [-0.25, -0.2) is 4.79 Å². The number of rotatable bonds is 4. The number of nitrogens with one attached hydrogen (secondary N) is 1. The molecule has 46 heavy (non-hydrogen) atoms. The van der Waals surface area contributed by atoms with Gasteiger partial charge in [-0.2, -0.15) is 0 Å². The van der Waals surface area contributed by atoms with Crippen LogP contribution in [0.5, 0.6) is 11.5 Å². The second-order valence-electron chi connectivity index (χ2n) is 12.6. The van der Waals surface area contributed by atoms with Crippen LogP contribution in [-0.2, 0) is 27.1 Å². The van der Waals surface area contributed by atoms with Gasteiger partial charge in [-0.1, -0.05) is 30.3 Å². The summed E-state index contributed by atoms with van der Waals surface area (Å²) >= 11 is 0. The molecule has 4 aliphatic rings. The van der Waals surface area contributed by atoms with Gasteiger partial charge in [0.25, 0.3) is 5.91 Å². The molecule has 0 radical (unpaired) electrons.